The smallest absolute Gasteiger partial charge is 0.318 e. The summed E-state index contributed by atoms with van der Waals surface area (Å²) in [7, 11) is 3.57. The summed E-state index contributed by atoms with van der Waals surface area (Å²) < 4.78 is 7.15. The van der Waals surface area contributed by atoms with Crippen molar-refractivity contribution >= 4 is 6.03 Å². The van der Waals surface area contributed by atoms with Crippen molar-refractivity contribution in [2.75, 3.05) is 13.7 Å². The lowest BCUT2D eigenvalue weighted by Crippen LogP contribution is -2.40. The zero-order valence-corrected chi connectivity index (χ0v) is 15.3. The number of rotatable bonds is 4. The average Bonchev–Trinajstić information content (AvgIpc) is 3.23. The first-order valence-corrected chi connectivity index (χ1v) is 8.71. The van der Waals surface area contributed by atoms with E-state index in [0.29, 0.717) is 0 Å². The van der Waals surface area contributed by atoms with Crippen molar-refractivity contribution in [2.24, 2.45) is 7.05 Å². The predicted molar refractivity (Wildman–Crippen MR) is 96.6 cm³/mol. The molecule has 1 aromatic carbocycles. The predicted octanol–water partition coefficient (Wildman–Crippen LogP) is 3.34. The van der Waals surface area contributed by atoms with Crippen LogP contribution in [0.5, 0.6) is 5.75 Å². The lowest BCUT2D eigenvalue weighted by atomic mass is 10.0. The number of aryl methyl sites for hydroxylation is 1. The Morgan fingerprint density at radius 2 is 2.24 bits per heavy atom. The van der Waals surface area contributed by atoms with Gasteiger partial charge in [0.25, 0.3) is 0 Å². The fourth-order valence-corrected chi connectivity index (χ4v) is 3.49. The van der Waals surface area contributed by atoms with Crippen LogP contribution in [0.15, 0.2) is 30.5 Å². The lowest BCUT2D eigenvalue weighted by molar-refractivity contribution is 0.189. The molecule has 0 spiro atoms. The molecule has 2 amide bonds. The average molecular weight is 342 g/mol. The standard InChI is InChI=1S/C19H26N4O2/c1-13(17-12-20-22(3)14(17)2)21-19(24)23-10-6-9-18(23)15-7-5-8-16(11-15)25-4/h5,7-8,11-13,18H,6,9-10H2,1-4H3,(H,21,24)/t13-,18-/m1/s1. The van der Waals surface area contributed by atoms with Gasteiger partial charge in [0.2, 0.25) is 0 Å². The molecule has 1 aliphatic heterocycles. The monoisotopic (exact) mass is 342 g/mol. The van der Waals surface area contributed by atoms with Gasteiger partial charge < -0.3 is 15.0 Å². The first kappa shape index (κ1) is 17.3. The maximum absolute atomic E-state index is 12.8. The third-order valence-corrected chi connectivity index (χ3v) is 5.07. The fraction of sp³-hybridized carbons (Fsp3) is 0.474. The molecule has 0 bridgehead atoms. The van der Waals surface area contributed by atoms with Crippen molar-refractivity contribution in [3.63, 3.8) is 0 Å². The number of likely N-dealkylation sites (tertiary alicyclic amines) is 1. The number of ether oxygens (including phenoxy) is 1. The maximum atomic E-state index is 12.8. The first-order chi connectivity index (χ1) is 12.0. The highest BCUT2D eigenvalue weighted by Crippen LogP contribution is 2.33. The summed E-state index contributed by atoms with van der Waals surface area (Å²) >= 11 is 0. The highest BCUT2D eigenvalue weighted by atomic mass is 16.5. The summed E-state index contributed by atoms with van der Waals surface area (Å²) in [4.78, 5) is 14.8. The number of amides is 2. The molecule has 0 radical (unpaired) electrons. The zero-order chi connectivity index (χ0) is 18.0. The Labute approximate surface area is 148 Å². The number of nitrogens with zero attached hydrogens (tertiary/aromatic N) is 3. The number of hydrogen-bond acceptors (Lipinski definition) is 3. The van der Waals surface area contributed by atoms with Crippen LogP contribution in [0, 0.1) is 6.92 Å². The molecule has 0 aliphatic carbocycles. The second-order valence-electron chi connectivity index (χ2n) is 6.61. The van der Waals surface area contributed by atoms with Gasteiger partial charge in [-0.15, -0.1) is 0 Å². The SMILES string of the molecule is COc1cccc([C@H]2CCCN2C(=O)N[C@H](C)c2cnn(C)c2C)c1. The molecule has 3 rings (SSSR count). The van der Waals surface area contributed by atoms with E-state index >= 15 is 0 Å². The number of aromatic nitrogens is 2. The van der Waals surface area contributed by atoms with Crippen LogP contribution in [0.25, 0.3) is 0 Å². The number of benzene rings is 1. The Kier molecular flexibility index (Phi) is 4.97. The van der Waals surface area contributed by atoms with E-state index in [1.807, 2.05) is 54.9 Å². The Morgan fingerprint density at radius 3 is 2.92 bits per heavy atom. The molecule has 1 aliphatic rings. The number of hydrogen-bond donors (Lipinski definition) is 1. The van der Waals surface area contributed by atoms with Crippen molar-refractivity contribution in [3.05, 3.63) is 47.3 Å². The van der Waals surface area contributed by atoms with E-state index in [1.165, 1.54) is 0 Å². The summed E-state index contributed by atoms with van der Waals surface area (Å²) in [5.41, 5.74) is 3.24. The van der Waals surface area contributed by atoms with Crippen LogP contribution >= 0.6 is 0 Å². The highest BCUT2D eigenvalue weighted by Gasteiger charge is 2.31. The van der Waals surface area contributed by atoms with Crippen molar-refractivity contribution in [1.82, 2.24) is 20.0 Å². The van der Waals surface area contributed by atoms with E-state index < -0.39 is 0 Å². The van der Waals surface area contributed by atoms with Crippen LogP contribution in [-0.2, 0) is 7.05 Å². The van der Waals surface area contributed by atoms with E-state index in [-0.39, 0.29) is 18.1 Å². The van der Waals surface area contributed by atoms with Gasteiger partial charge in [0.1, 0.15) is 5.75 Å². The van der Waals surface area contributed by atoms with Crippen molar-refractivity contribution < 1.29 is 9.53 Å². The largest absolute Gasteiger partial charge is 0.497 e. The second-order valence-corrected chi connectivity index (χ2v) is 6.61. The van der Waals surface area contributed by atoms with Gasteiger partial charge in [-0.3, -0.25) is 4.68 Å². The van der Waals surface area contributed by atoms with E-state index in [2.05, 4.69) is 16.5 Å². The van der Waals surface area contributed by atoms with Gasteiger partial charge in [-0.05, 0) is 44.4 Å². The molecule has 25 heavy (non-hydrogen) atoms. The number of urea groups is 1. The molecule has 1 N–H and O–H groups in total. The van der Waals surface area contributed by atoms with Crippen molar-refractivity contribution in [1.29, 1.82) is 0 Å². The van der Waals surface area contributed by atoms with Gasteiger partial charge in [-0.1, -0.05) is 12.1 Å². The van der Waals surface area contributed by atoms with Gasteiger partial charge in [0.15, 0.2) is 0 Å². The molecule has 6 nitrogen and oxygen atoms in total. The van der Waals surface area contributed by atoms with E-state index in [9.17, 15) is 4.79 Å². The number of carbonyl (C=O) groups excluding carboxylic acids is 1. The fourth-order valence-electron chi connectivity index (χ4n) is 3.49. The van der Waals surface area contributed by atoms with Crippen LogP contribution in [0.3, 0.4) is 0 Å². The molecule has 2 heterocycles. The highest BCUT2D eigenvalue weighted by molar-refractivity contribution is 5.75. The van der Waals surface area contributed by atoms with Crippen LogP contribution < -0.4 is 10.1 Å². The first-order valence-electron chi connectivity index (χ1n) is 8.71. The van der Waals surface area contributed by atoms with E-state index in [1.54, 1.807) is 7.11 Å². The summed E-state index contributed by atoms with van der Waals surface area (Å²) in [6, 6.07) is 7.98. The second kappa shape index (κ2) is 7.17. The van der Waals surface area contributed by atoms with Gasteiger partial charge in [-0.2, -0.15) is 5.10 Å². The van der Waals surface area contributed by atoms with Gasteiger partial charge in [0, 0.05) is 24.8 Å². The lowest BCUT2D eigenvalue weighted by Gasteiger charge is -2.27. The molecule has 0 unspecified atom stereocenters. The minimum Gasteiger partial charge on any atom is -0.497 e. The quantitative estimate of drug-likeness (QED) is 0.927. The molecule has 2 atom stereocenters. The molecule has 1 saturated heterocycles. The third kappa shape index (κ3) is 3.48. The topological polar surface area (TPSA) is 59.4 Å². The summed E-state index contributed by atoms with van der Waals surface area (Å²) in [6.07, 6.45) is 3.81. The molecule has 2 aromatic rings. The van der Waals surface area contributed by atoms with Crippen LogP contribution in [0.1, 0.15) is 48.7 Å². The molecule has 6 heteroatoms. The molecular weight excluding hydrogens is 316 g/mol. The van der Waals surface area contributed by atoms with E-state index in [0.717, 1.165) is 42.0 Å². The molecule has 0 saturated carbocycles. The number of methoxy groups -OCH3 is 1. The minimum absolute atomic E-state index is 0.0268. The Bertz CT molecular complexity index is 756. The van der Waals surface area contributed by atoms with E-state index in [4.69, 9.17) is 4.74 Å². The summed E-state index contributed by atoms with van der Waals surface area (Å²) in [5.74, 6) is 0.823. The van der Waals surface area contributed by atoms with Crippen molar-refractivity contribution in [2.45, 2.75) is 38.8 Å². The third-order valence-electron chi connectivity index (χ3n) is 5.07. The van der Waals surface area contributed by atoms with Gasteiger partial charge >= 0.3 is 6.03 Å². The Hall–Kier alpha value is -2.50. The van der Waals surface area contributed by atoms with Crippen LogP contribution in [-0.4, -0.2) is 34.4 Å². The van der Waals surface area contributed by atoms with Gasteiger partial charge in [0.05, 0.1) is 25.4 Å². The maximum Gasteiger partial charge on any atom is 0.318 e. The van der Waals surface area contributed by atoms with Gasteiger partial charge in [-0.25, -0.2) is 4.79 Å². The zero-order valence-electron chi connectivity index (χ0n) is 15.3. The normalized spacial score (nSPS) is 18.2. The van der Waals surface area contributed by atoms with Crippen molar-refractivity contribution in [3.8, 4) is 5.75 Å². The Balaban J connectivity index is 1.73. The van der Waals surface area contributed by atoms with Crippen LogP contribution in [0.4, 0.5) is 4.79 Å². The minimum atomic E-state index is -0.0761. The summed E-state index contributed by atoms with van der Waals surface area (Å²) in [6.45, 7) is 4.78. The molecular formula is C19H26N4O2. The number of nitrogens with one attached hydrogen (secondary N) is 1. The Morgan fingerprint density at radius 1 is 1.44 bits per heavy atom. The number of carbonyl (C=O) groups is 1. The summed E-state index contributed by atoms with van der Waals surface area (Å²) in [5, 5.41) is 7.38. The molecule has 1 aromatic heterocycles. The van der Waals surface area contributed by atoms with Crippen LogP contribution in [0.2, 0.25) is 0 Å². The molecule has 1 fully saturated rings. The molecule has 134 valence electrons.